The van der Waals surface area contributed by atoms with E-state index in [1.165, 1.54) is 35.0 Å². The predicted octanol–water partition coefficient (Wildman–Crippen LogP) is 4.50. The first-order valence-corrected chi connectivity index (χ1v) is 8.82. The number of rotatable bonds is 4. The summed E-state index contributed by atoms with van der Waals surface area (Å²) in [5, 5.41) is 2.96. The fraction of sp³-hybridized carbons (Fsp3) is 0.316. The number of hydrogen-bond donors (Lipinski definition) is 1. The van der Waals surface area contributed by atoms with Gasteiger partial charge in [0.1, 0.15) is 5.82 Å². The summed E-state index contributed by atoms with van der Waals surface area (Å²) >= 11 is 1.45. The van der Waals surface area contributed by atoms with Gasteiger partial charge in [-0.1, -0.05) is 24.3 Å². The quantitative estimate of drug-likeness (QED) is 0.837. The van der Waals surface area contributed by atoms with Crippen LogP contribution in [0, 0.1) is 5.82 Å². The van der Waals surface area contributed by atoms with Crippen LogP contribution in [0.3, 0.4) is 0 Å². The average Bonchev–Trinajstić information content (AvgIpc) is 2.57. The highest BCUT2D eigenvalue weighted by molar-refractivity contribution is 8.00. The van der Waals surface area contributed by atoms with E-state index in [4.69, 9.17) is 0 Å². The van der Waals surface area contributed by atoms with Crippen molar-refractivity contribution in [1.82, 2.24) is 5.32 Å². The summed E-state index contributed by atoms with van der Waals surface area (Å²) in [4.78, 5) is 13.4. The highest BCUT2D eigenvalue weighted by Crippen LogP contribution is 2.30. The molecule has 0 saturated heterocycles. The van der Waals surface area contributed by atoms with Crippen LogP contribution in [0.5, 0.6) is 0 Å². The number of hydrogen-bond acceptors (Lipinski definition) is 2. The smallest absolute Gasteiger partial charge is 0.233 e. The summed E-state index contributed by atoms with van der Waals surface area (Å²) in [5.41, 5.74) is 2.58. The number of carbonyl (C=O) groups is 1. The Balaban J connectivity index is 1.64. The Hall–Kier alpha value is -1.81. The molecule has 0 heterocycles. The van der Waals surface area contributed by atoms with Crippen LogP contribution < -0.4 is 5.32 Å². The van der Waals surface area contributed by atoms with Crippen LogP contribution in [-0.2, 0) is 11.2 Å². The summed E-state index contributed by atoms with van der Waals surface area (Å²) in [6, 6.07) is 14.7. The van der Waals surface area contributed by atoms with Crippen molar-refractivity contribution in [2.24, 2.45) is 0 Å². The Bertz CT molecular complexity index is 686. The lowest BCUT2D eigenvalue weighted by molar-refractivity contribution is -0.121. The second kappa shape index (κ2) is 7.18. The molecule has 1 amide bonds. The van der Waals surface area contributed by atoms with Crippen molar-refractivity contribution in [1.29, 1.82) is 0 Å². The Morgan fingerprint density at radius 1 is 1.22 bits per heavy atom. The highest BCUT2D eigenvalue weighted by Gasteiger charge is 2.23. The molecule has 2 nitrogen and oxygen atoms in total. The number of halogens is 1. The monoisotopic (exact) mass is 329 g/mol. The minimum atomic E-state index is -0.259. The number of aryl methyl sites for hydroxylation is 1. The second-order valence-corrected chi connectivity index (χ2v) is 7.28. The molecule has 2 aromatic rings. The van der Waals surface area contributed by atoms with Gasteiger partial charge >= 0.3 is 0 Å². The standard InChI is InChI=1S/C19H20FNOS/c1-13(23-16-11-9-15(20)10-12-16)19(22)21-18-8-4-6-14-5-2-3-7-17(14)18/h2-3,5,7,9-13,18H,4,6,8H2,1H3,(H,21,22). The minimum Gasteiger partial charge on any atom is -0.348 e. The Morgan fingerprint density at radius 3 is 2.74 bits per heavy atom. The van der Waals surface area contributed by atoms with Gasteiger partial charge in [0.25, 0.3) is 0 Å². The van der Waals surface area contributed by atoms with Gasteiger partial charge in [0.05, 0.1) is 11.3 Å². The predicted molar refractivity (Wildman–Crippen MR) is 92.0 cm³/mol. The lowest BCUT2D eigenvalue weighted by atomic mass is 9.88. The maximum atomic E-state index is 12.9. The first-order chi connectivity index (χ1) is 11.1. The number of benzene rings is 2. The van der Waals surface area contributed by atoms with Crippen LogP contribution in [0.1, 0.15) is 36.9 Å². The third-order valence-corrected chi connectivity index (χ3v) is 5.29. The van der Waals surface area contributed by atoms with Crippen molar-refractivity contribution in [2.45, 2.75) is 42.4 Å². The van der Waals surface area contributed by atoms with Crippen LogP contribution in [0.25, 0.3) is 0 Å². The summed E-state index contributed by atoms with van der Waals surface area (Å²) in [5.74, 6) is -0.230. The molecule has 0 saturated carbocycles. The van der Waals surface area contributed by atoms with Gasteiger partial charge in [-0.2, -0.15) is 0 Å². The molecule has 4 heteroatoms. The molecule has 120 valence electrons. The molecular weight excluding hydrogens is 309 g/mol. The lowest BCUT2D eigenvalue weighted by Gasteiger charge is -2.27. The molecule has 23 heavy (non-hydrogen) atoms. The Morgan fingerprint density at radius 2 is 1.96 bits per heavy atom. The zero-order valence-electron chi connectivity index (χ0n) is 13.1. The molecule has 2 unspecified atom stereocenters. The van der Waals surface area contributed by atoms with Crippen molar-refractivity contribution in [3.8, 4) is 0 Å². The van der Waals surface area contributed by atoms with Crippen LogP contribution in [0.2, 0.25) is 0 Å². The van der Waals surface area contributed by atoms with Crippen LogP contribution in [0.15, 0.2) is 53.4 Å². The molecule has 1 N–H and O–H groups in total. The SMILES string of the molecule is CC(Sc1ccc(F)cc1)C(=O)NC1CCCc2ccccc21. The van der Waals surface area contributed by atoms with Crippen LogP contribution in [-0.4, -0.2) is 11.2 Å². The highest BCUT2D eigenvalue weighted by atomic mass is 32.2. The molecule has 0 bridgehead atoms. The Labute approximate surface area is 140 Å². The number of fused-ring (bicyclic) bond motifs is 1. The van der Waals surface area contributed by atoms with E-state index in [1.807, 2.05) is 13.0 Å². The fourth-order valence-electron chi connectivity index (χ4n) is 2.96. The molecule has 0 aromatic heterocycles. The van der Waals surface area contributed by atoms with E-state index in [0.717, 1.165) is 24.2 Å². The van der Waals surface area contributed by atoms with E-state index in [9.17, 15) is 9.18 Å². The van der Waals surface area contributed by atoms with Crippen molar-refractivity contribution in [2.75, 3.05) is 0 Å². The average molecular weight is 329 g/mol. The molecule has 2 atom stereocenters. The van der Waals surface area contributed by atoms with Gasteiger partial charge in [-0.05, 0) is 61.6 Å². The normalized spacial score (nSPS) is 18.1. The minimum absolute atomic E-state index is 0.0287. The van der Waals surface area contributed by atoms with Crippen molar-refractivity contribution in [3.63, 3.8) is 0 Å². The third-order valence-electron chi connectivity index (χ3n) is 4.18. The number of amides is 1. The first kappa shape index (κ1) is 16.1. The topological polar surface area (TPSA) is 29.1 Å². The van der Waals surface area contributed by atoms with Gasteiger partial charge in [-0.3, -0.25) is 4.79 Å². The lowest BCUT2D eigenvalue weighted by Crippen LogP contribution is -2.35. The summed E-state index contributed by atoms with van der Waals surface area (Å²) in [6.45, 7) is 1.89. The van der Waals surface area contributed by atoms with Gasteiger partial charge in [-0.25, -0.2) is 4.39 Å². The van der Waals surface area contributed by atoms with E-state index in [-0.39, 0.29) is 23.0 Å². The summed E-state index contributed by atoms with van der Waals surface area (Å²) in [6.07, 6.45) is 3.17. The van der Waals surface area contributed by atoms with E-state index >= 15 is 0 Å². The molecular formula is C19H20FNOS. The maximum Gasteiger partial charge on any atom is 0.233 e. The van der Waals surface area contributed by atoms with Gasteiger partial charge in [-0.15, -0.1) is 11.8 Å². The van der Waals surface area contributed by atoms with Gasteiger partial charge in [0, 0.05) is 4.90 Å². The van der Waals surface area contributed by atoms with Crippen molar-refractivity contribution in [3.05, 3.63) is 65.5 Å². The van der Waals surface area contributed by atoms with E-state index in [1.54, 1.807) is 12.1 Å². The zero-order valence-corrected chi connectivity index (χ0v) is 13.9. The Kier molecular flexibility index (Phi) is 5.01. The zero-order chi connectivity index (χ0) is 16.2. The van der Waals surface area contributed by atoms with Crippen LogP contribution in [0.4, 0.5) is 4.39 Å². The second-order valence-electron chi connectivity index (χ2n) is 5.87. The first-order valence-electron chi connectivity index (χ1n) is 7.94. The number of carbonyl (C=O) groups excluding carboxylic acids is 1. The molecule has 1 aliphatic carbocycles. The molecule has 2 aromatic carbocycles. The fourth-order valence-corrected chi connectivity index (χ4v) is 3.84. The van der Waals surface area contributed by atoms with E-state index in [2.05, 4.69) is 23.5 Å². The maximum absolute atomic E-state index is 12.9. The van der Waals surface area contributed by atoms with Gasteiger partial charge in [0.2, 0.25) is 5.91 Å². The van der Waals surface area contributed by atoms with E-state index < -0.39 is 0 Å². The largest absolute Gasteiger partial charge is 0.348 e. The molecule has 0 fully saturated rings. The summed E-state index contributed by atoms with van der Waals surface area (Å²) in [7, 11) is 0. The third kappa shape index (κ3) is 3.94. The van der Waals surface area contributed by atoms with Crippen molar-refractivity contribution >= 4 is 17.7 Å². The van der Waals surface area contributed by atoms with Crippen LogP contribution >= 0.6 is 11.8 Å². The van der Waals surface area contributed by atoms with E-state index in [0.29, 0.717) is 0 Å². The molecule has 0 radical (unpaired) electrons. The molecule has 3 rings (SSSR count). The molecule has 1 aliphatic rings. The summed E-state index contributed by atoms with van der Waals surface area (Å²) < 4.78 is 12.9. The number of thioether (sulfide) groups is 1. The van der Waals surface area contributed by atoms with Crippen molar-refractivity contribution < 1.29 is 9.18 Å². The molecule has 0 aliphatic heterocycles. The van der Waals surface area contributed by atoms with Gasteiger partial charge < -0.3 is 5.32 Å². The number of nitrogens with one attached hydrogen (secondary N) is 1. The van der Waals surface area contributed by atoms with Gasteiger partial charge in [0.15, 0.2) is 0 Å². The molecule has 0 spiro atoms.